The molecule has 1 aromatic rings. The Morgan fingerprint density at radius 3 is 3.45 bits per heavy atom. The van der Waals surface area contributed by atoms with E-state index in [-0.39, 0.29) is 0 Å². The van der Waals surface area contributed by atoms with E-state index in [1.807, 2.05) is 16.4 Å². The fraction of sp³-hybridized carbons (Fsp3) is 0.429. The summed E-state index contributed by atoms with van der Waals surface area (Å²) in [5, 5.41) is 4.10. The molecule has 0 unspecified atom stereocenters. The maximum atomic E-state index is 10.5. The Morgan fingerprint density at radius 2 is 2.64 bits per heavy atom. The molecule has 0 saturated carbocycles. The first kappa shape index (κ1) is 6.91. The summed E-state index contributed by atoms with van der Waals surface area (Å²) in [5.41, 5.74) is 1.83. The van der Waals surface area contributed by atoms with E-state index in [4.69, 9.17) is 0 Å². The van der Waals surface area contributed by atoms with Gasteiger partial charge in [0.1, 0.15) is 0 Å². The van der Waals surface area contributed by atoms with Crippen LogP contribution in [0.1, 0.15) is 16.1 Å². The van der Waals surface area contributed by atoms with Gasteiger partial charge >= 0.3 is 0 Å². The molecule has 0 amide bonds. The van der Waals surface area contributed by atoms with E-state index in [0.717, 1.165) is 35.6 Å². The van der Waals surface area contributed by atoms with Crippen LogP contribution in [0.15, 0.2) is 6.20 Å². The summed E-state index contributed by atoms with van der Waals surface area (Å²) in [6.07, 6.45) is 2.53. The second-order valence-electron chi connectivity index (χ2n) is 2.44. The molecule has 58 valence electrons. The minimum Gasteiger partial charge on any atom is -0.298 e. The van der Waals surface area contributed by atoms with E-state index in [1.165, 1.54) is 0 Å². The van der Waals surface area contributed by atoms with Gasteiger partial charge < -0.3 is 0 Å². The number of aldehydes is 1. The zero-order chi connectivity index (χ0) is 7.68. The fourth-order valence-corrected chi connectivity index (χ4v) is 2.15. The summed E-state index contributed by atoms with van der Waals surface area (Å²) in [6.45, 7) is 0.938. The Kier molecular flexibility index (Phi) is 1.69. The van der Waals surface area contributed by atoms with Gasteiger partial charge in [0, 0.05) is 11.5 Å². The van der Waals surface area contributed by atoms with Crippen LogP contribution in [0.25, 0.3) is 0 Å². The Bertz CT molecular complexity index is 282. The average molecular weight is 168 g/mol. The van der Waals surface area contributed by atoms with Crippen LogP contribution in [0.4, 0.5) is 0 Å². The molecule has 0 aromatic carbocycles. The third-order valence-electron chi connectivity index (χ3n) is 1.79. The Morgan fingerprint density at radius 1 is 1.73 bits per heavy atom. The number of hydrogen-bond donors (Lipinski definition) is 0. The predicted octanol–water partition coefficient (Wildman–Crippen LogP) is 0.942. The van der Waals surface area contributed by atoms with Crippen molar-refractivity contribution in [2.75, 3.05) is 5.75 Å². The molecule has 1 aromatic heterocycles. The van der Waals surface area contributed by atoms with Crippen LogP contribution in [-0.2, 0) is 12.3 Å². The molecular formula is C7H8N2OS. The summed E-state index contributed by atoms with van der Waals surface area (Å²) in [4.78, 5) is 10.5. The SMILES string of the molecule is O=Cc1cnn2c1CSCC2. The lowest BCUT2D eigenvalue weighted by atomic mass is 10.3. The van der Waals surface area contributed by atoms with Crippen molar-refractivity contribution in [2.45, 2.75) is 12.3 Å². The van der Waals surface area contributed by atoms with E-state index >= 15 is 0 Å². The van der Waals surface area contributed by atoms with Crippen molar-refractivity contribution < 1.29 is 4.79 Å². The Labute approximate surface area is 68.8 Å². The summed E-state index contributed by atoms with van der Waals surface area (Å²) < 4.78 is 1.92. The summed E-state index contributed by atoms with van der Waals surface area (Å²) in [7, 11) is 0. The van der Waals surface area contributed by atoms with Gasteiger partial charge in [-0.25, -0.2) is 0 Å². The van der Waals surface area contributed by atoms with Crippen LogP contribution in [0.2, 0.25) is 0 Å². The molecule has 1 aliphatic rings. The number of rotatable bonds is 1. The van der Waals surface area contributed by atoms with Gasteiger partial charge in [0.15, 0.2) is 6.29 Å². The number of aryl methyl sites for hydroxylation is 1. The van der Waals surface area contributed by atoms with E-state index in [0.29, 0.717) is 0 Å². The minimum atomic E-state index is 0.747. The van der Waals surface area contributed by atoms with Crippen molar-refractivity contribution in [1.29, 1.82) is 0 Å². The number of nitrogens with zero attached hydrogens (tertiary/aromatic N) is 2. The van der Waals surface area contributed by atoms with Crippen LogP contribution in [0, 0.1) is 0 Å². The molecular weight excluding hydrogens is 160 g/mol. The summed E-state index contributed by atoms with van der Waals surface area (Å²) >= 11 is 1.85. The highest BCUT2D eigenvalue weighted by Crippen LogP contribution is 2.20. The monoisotopic (exact) mass is 168 g/mol. The average Bonchev–Trinajstić information content (AvgIpc) is 2.47. The van der Waals surface area contributed by atoms with Crippen molar-refractivity contribution in [3.05, 3.63) is 17.5 Å². The lowest BCUT2D eigenvalue weighted by molar-refractivity contribution is 0.112. The molecule has 11 heavy (non-hydrogen) atoms. The smallest absolute Gasteiger partial charge is 0.153 e. The Balaban J connectivity index is 2.45. The first-order valence-electron chi connectivity index (χ1n) is 3.49. The van der Waals surface area contributed by atoms with Crippen LogP contribution >= 0.6 is 11.8 Å². The predicted molar refractivity (Wildman–Crippen MR) is 43.8 cm³/mol. The van der Waals surface area contributed by atoms with Crippen LogP contribution in [-0.4, -0.2) is 21.8 Å². The van der Waals surface area contributed by atoms with Gasteiger partial charge in [0.05, 0.1) is 24.0 Å². The minimum absolute atomic E-state index is 0.747. The normalized spacial score (nSPS) is 16.0. The van der Waals surface area contributed by atoms with Gasteiger partial charge in [-0.2, -0.15) is 16.9 Å². The largest absolute Gasteiger partial charge is 0.298 e. The van der Waals surface area contributed by atoms with Gasteiger partial charge in [0.25, 0.3) is 0 Å². The van der Waals surface area contributed by atoms with Crippen molar-refractivity contribution >= 4 is 18.0 Å². The summed E-state index contributed by atoms with van der Waals surface area (Å²) in [6, 6.07) is 0. The highest BCUT2D eigenvalue weighted by Gasteiger charge is 2.13. The van der Waals surface area contributed by atoms with Crippen LogP contribution in [0.3, 0.4) is 0 Å². The Hall–Kier alpha value is -0.770. The maximum Gasteiger partial charge on any atom is 0.153 e. The lowest BCUT2D eigenvalue weighted by Crippen LogP contribution is -2.12. The number of aromatic nitrogens is 2. The molecule has 2 heterocycles. The zero-order valence-electron chi connectivity index (χ0n) is 5.99. The number of fused-ring (bicyclic) bond motifs is 1. The number of hydrogen-bond acceptors (Lipinski definition) is 3. The molecule has 0 fully saturated rings. The highest BCUT2D eigenvalue weighted by molar-refractivity contribution is 7.98. The van der Waals surface area contributed by atoms with E-state index in [2.05, 4.69) is 5.10 Å². The van der Waals surface area contributed by atoms with Gasteiger partial charge in [0.2, 0.25) is 0 Å². The molecule has 0 N–H and O–H groups in total. The van der Waals surface area contributed by atoms with Crippen molar-refractivity contribution in [2.24, 2.45) is 0 Å². The van der Waals surface area contributed by atoms with Crippen molar-refractivity contribution in [1.82, 2.24) is 9.78 Å². The third-order valence-corrected chi connectivity index (χ3v) is 2.74. The quantitative estimate of drug-likeness (QED) is 0.585. The molecule has 0 bridgehead atoms. The highest BCUT2D eigenvalue weighted by atomic mass is 32.2. The zero-order valence-corrected chi connectivity index (χ0v) is 6.80. The van der Waals surface area contributed by atoms with Crippen molar-refractivity contribution in [3.8, 4) is 0 Å². The first-order valence-corrected chi connectivity index (χ1v) is 4.65. The number of carbonyl (C=O) groups excluding carboxylic acids is 1. The van der Waals surface area contributed by atoms with Crippen LogP contribution < -0.4 is 0 Å². The molecule has 0 radical (unpaired) electrons. The van der Waals surface area contributed by atoms with Gasteiger partial charge in [-0.3, -0.25) is 9.48 Å². The first-order chi connectivity index (χ1) is 5.42. The molecule has 3 nitrogen and oxygen atoms in total. The second-order valence-corrected chi connectivity index (χ2v) is 3.55. The van der Waals surface area contributed by atoms with E-state index in [9.17, 15) is 4.79 Å². The van der Waals surface area contributed by atoms with Gasteiger partial charge in [-0.15, -0.1) is 0 Å². The van der Waals surface area contributed by atoms with E-state index < -0.39 is 0 Å². The van der Waals surface area contributed by atoms with Gasteiger partial charge in [-0.1, -0.05) is 0 Å². The standard InChI is InChI=1S/C7H8N2OS/c10-4-6-3-8-9-1-2-11-5-7(6)9/h3-4H,1-2,5H2. The fourth-order valence-electron chi connectivity index (χ4n) is 1.19. The topological polar surface area (TPSA) is 34.9 Å². The molecule has 0 spiro atoms. The number of carbonyl (C=O) groups is 1. The van der Waals surface area contributed by atoms with Crippen molar-refractivity contribution in [3.63, 3.8) is 0 Å². The lowest BCUT2D eigenvalue weighted by Gasteiger charge is -2.12. The molecule has 4 heteroatoms. The number of thioether (sulfide) groups is 1. The van der Waals surface area contributed by atoms with E-state index in [1.54, 1.807) is 6.20 Å². The second kappa shape index (κ2) is 2.70. The molecule has 0 atom stereocenters. The molecule has 2 rings (SSSR count). The van der Waals surface area contributed by atoms with Crippen LogP contribution in [0.5, 0.6) is 0 Å². The molecule has 0 saturated heterocycles. The summed E-state index contributed by atoms with van der Waals surface area (Å²) in [5.74, 6) is 2.03. The maximum absolute atomic E-state index is 10.5. The third kappa shape index (κ3) is 1.07. The van der Waals surface area contributed by atoms with Gasteiger partial charge in [-0.05, 0) is 0 Å². The molecule has 1 aliphatic heterocycles. The molecule has 0 aliphatic carbocycles.